The number of aryl methyl sites for hydroxylation is 2. The molecule has 1 aromatic carbocycles. The second-order valence-electron chi connectivity index (χ2n) is 6.35. The van der Waals surface area contributed by atoms with Gasteiger partial charge in [-0.15, -0.1) is 0 Å². The molecule has 7 nitrogen and oxygen atoms in total. The van der Waals surface area contributed by atoms with Gasteiger partial charge in [-0.3, -0.25) is 19.3 Å². The van der Waals surface area contributed by atoms with Gasteiger partial charge in [0.1, 0.15) is 6.54 Å². The molecule has 0 atom stereocenters. The quantitative estimate of drug-likeness (QED) is 0.657. The standard InChI is InChI=1S/C17H21N3O4/c1-10(2)8-19-15(22)16(23)20(17(19)24)9-14(21)18-13-6-5-11(3)7-12(13)4/h5-7,10H,8-9H2,1-4H3,(H,18,21). The van der Waals surface area contributed by atoms with Crippen molar-refractivity contribution in [2.75, 3.05) is 18.4 Å². The van der Waals surface area contributed by atoms with E-state index < -0.39 is 30.3 Å². The Balaban J connectivity index is 2.07. The van der Waals surface area contributed by atoms with Crippen LogP contribution >= 0.6 is 0 Å². The predicted molar refractivity (Wildman–Crippen MR) is 88.2 cm³/mol. The van der Waals surface area contributed by atoms with Gasteiger partial charge in [-0.1, -0.05) is 31.5 Å². The van der Waals surface area contributed by atoms with Crippen molar-refractivity contribution in [3.63, 3.8) is 0 Å². The maximum atomic E-state index is 12.2. The summed E-state index contributed by atoms with van der Waals surface area (Å²) in [6, 6.07) is 4.78. The molecule has 128 valence electrons. The number of imide groups is 2. The molecule has 2 rings (SSSR count). The summed E-state index contributed by atoms with van der Waals surface area (Å²) >= 11 is 0. The molecule has 5 amide bonds. The Bertz CT molecular complexity index is 712. The lowest BCUT2D eigenvalue weighted by atomic mass is 10.1. The number of carbonyl (C=O) groups excluding carboxylic acids is 4. The van der Waals surface area contributed by atoms with E-state index in [0.29, 0.717) is 10.6 Å². The van der Waals surface area contributed by atoms with E-state index in [1.54, 1.807) is 6.07 Å². The fraction of sp³-hybridized carbons (Fsp3) is 0.412. The summed E-state index contributed by atoms with van der Waals surface area (Å²) < 4.78 is 0. The number of carbonyl (C=O) groups is 4. The van der Waals surface area contributed by atoms with E-state index in [4.69, 9.17) is 0 Å². The van der Waals surface area contributed by atoms with Crippen molar-refractivity contribution in [1.29, 1.82) is 0 Å². The largest absolute Gasteiger partial charge is 0.334 e. The van der Waals surface area contributed by atoms with Gasteiger partial charge >= 0.3 is 17.8 Å². The third-order valence-corrected chi connectivity index (χ3v) is 3.64. The topological polar surface area (TPSA) is 86.8 Å². The number of nitrogens with one attached hydrogen (secondary N) is 1. The molecule has 0 aliphatic carbocycles. The Labute approximate surface area is 140 Å². The van der Waals surface area contributed by atoms with Crippen LogP contribution in [0.1, 0.15) is 25.0 Å². The lowest BCUT2D eigenvalue weighted by molar-refractivity contribution is -0.143. The van der Waals surface area contributed by atoms with Gasteiger partial charge in [0.25, 0.3) is 0 Å². The smallest absolute Gasteiger partial charge is 0.324 e. The molecule has 1 fully saturated rings. The van der Waals surface area contributed by atoms with Crippen molar-refractivity contribution in [2.45, 2.75) is 27.7 Å². The van der Waals surface area contributed by atoms with Crippen LogP contribution in [0.3, 0.4) is 0 Å². The van der Waals surface area contributed by atoms with Crippen molar-refractivity contribution in [2.24, 2.45) is 5.92 Å². The highest BCUT2D eigenvalue weighted by Gasteiger charge is 2.45. The zero-order valence-electron chi connectivity index (χ0n) is 14.3. The van der Waals surface area contributed by atoms with E-state index in [1.807, 2.05) is 39.8 Å². The molecule has 0 bridgehead atoms. The Morgan fingerprint density at radius 3 is 2.29 bits per heavy atom. The van der Waals surface area contributed by atoms with Crippen LogP contribution in [0.2, 0.25) is 0 Å². The molecular formula is C17H21N3O4. The van der Waals surface area contributed by atoms with Crippen LogP contribution in [0, 0.1) is 19.8 Å². The van der Waals surface area contributed by atoms with Crippen molar-refractivity contribution in [3.05, 3.63) is 29.3 Å². The first kappa shape index (κ1) is 17.7. The highest BCUT2D eigenvalue weighted by molar-refractivity contribution is 6.45. The van der Waals surface area contributed by atoms with Crippen LogP contribution in [0.25, 0.3) is 0 Å². The van der Waals surface area contributed by atoms with Crippen LogP contribution in [-0.2, 0) is 14.4 Å². The number of urea groups is 1. The first-order chi connectivity index (χ1) is 11.2. The zero-order valence-corrected chi connectivity index (χ0v) is 14.3. The Kier molecular flexibility index (Phi) is 5.02. The second-order valence-corrected chi connectivity index (χ2v) is 6.35. The van der Waals surface area contributed by atoms with Gasteiger partial charge in [-0.2, -0.15) is 0 Å². The van der Waals surface area contributed by atoms with Gasteiger partial charge < -0.3 is 5.32 Å². The molecule has 1 aliphatic heterocycles. The fourth-order valence-corrected chi connectivity index (χ4v) is 2.50. The summed E-state index contributed by atoms with van der Waals surface area (Å²) in [6.07, 6.45) is 0. The van der Waals surface area contributed by atoms with Crippen molar-refractivity contribution < 1.29 is 19.2 Å². The molecule has 0 spiro atoms. The Hall–Kier alpha value is -2.70. The number of anilines is 1. The minimum Gasteiger partial charge on any atom is -0.324 e. The fourth-order valence-electron chi connectivity index (χ4n) is 2.50. The number of rotatable bonds is 5. The van der Waals surface area contributed by atoms with E-state index in [-0.39, 0.29) is 12.5 Å². The SMILES string of the molecule is Cc1ccc(NC(=O)CN2C(=O)C(=O)N(CC(C)C)C2=O)c(C)c1. The summed E-state index contributed by atoms with van der Waals surface area (Å²) in [5.41, 5.74) is 2.54. The van der Waals surface area contributed by atoms with Crippen molar-refractivity contribution >= 4 is 29.4 Å². The van der Waals surface area contributed by atoms with Crippen LogP contribution in [0.15, 0.2) is 18.2 Å². The minimum absolute atomic E-state index is 0.0367. The molecule has 1 aliphatic rings. The lowest BCUT2D eigenvalue weighted by Crippen LogP contribution is -2.39. The number of hydrogen-bond donors (Lipinski definition) is 1. The highest BCUT2D eigenvalue weighted by atomic mass is 16.2. The molecule has 0 aromatic heterocycles. The predicted octanol–water partition coefficient (Wildman–Crippen LogP) is 1.69. The molecule has 1 heterocycles. The number of benzene rings is 1. The maximum absolute atomic E-state index is 12.2. The second kappa shape index (κ2) is 6.82. The molecule has 24 heavy (non-hydrogen) atoms. The average molecular weight is 331 g/mol. The first-order valence-electron chi connectivity index (χ1n) is 7.75. The van der Waals surface area contributed by atoms with Gasteiger partial charge in [-0.05, 0) is 31.4 Å². The molecular weight excluding hydrogens is 310 g/mol. The molecule has 1 N–H and O–H groups in total. The first-order valence-corrected chi connectivity index (χ1v) is 7.75. The van der Waals surface area contributed by atoms with Crippen molar-refractivity contribution in [3.8, 4) is 0 Å². The van der Waals surface area contributed by atoms with E-state index in [9.17, 15) is 19.2 Å². The van der Waals surface area contributed by atoms with E-state index in [2.05, 4.69) is 5.32 Å². The molecule has 7 heteroatoms. The maximum Gasteiger partial charge on any atom is 0.334 e. The van der Waals surface area contributed by atoms with Crippen LogP contribution in [0.4, 0.5) is 10.5 Å². The molecule has 0 unspecified atom stereocenters. The van der Waals surface area contributed by atoms with Gasteiger partial charge in [0.2, 0.25) is 5.91 Å². The Morgan fingerprint density at radius 1 is 1.08 bits per heavy atom. The van der Waals surface area contributed by atoms with E-state index in [0.717, 1.165) is 16.0 Å². The summed E-state index contributed by atoms with van der Waals surface area (Å²) in [7, 11) is 0. The Morgan fingerprint density at radius 2 is 1.71 bits per heavy atom. The van der Waals surface area contributed by atoms with Crippen LogP contribution in [0.5, 0.6) is 0 Å². The molecule has 0 radical (unpaired) electrons. The molecule has 1 saturated heterocycles. The number of hydrogen-bond acceptors (Lipinski definition) is 4. The molecule has 0 saturated carbocycles. The van der Waals surface area contributed by atoms with Gasteiger partial charge in [0.15, 0.2) is 0 Å². The normalized spacial score (nSPS) is 14.8. The summed E-state index contributed by atoms with van der Waals surface area (Å²) in [6.45, 7) is 7.13. The highest BCUT2D eigenvalue weighted by Crippen LogP contribution is 2.17. The summed E-state index contributed by atoms with van der Waals surface area (Å²) in [5, 5.41) is 2.66. The minimum atomic E-state index is -0.962. The number of amides is 5. The van der Waals surface area contributed by atoms with Gasteiger partial charge in [-0.25, -0.2) is 9.69 Å². The van der Waals surface area contributed by atoms with E-state index in [1.165, 1.54) is 0 Å². The molecule has 1 aromatic rings. The monoisotopic (exact) mass is 331 g/mol. The third-order valence-electron chi connectivity index (χ3n) is 3.64. The zero-order chi connectivity index (χ0) is 18.0. The van der Waals surface area contributed by atoms with Gasteiger partial charge in [0.05, 0.1) is 0 Å². The van der Waals surface area contributed by atoms with Crippen molar-refractivity contribution in [1.82, 2.24) is 9.80 Å². The lowest BCUT2D eigenvalue weighted by Gasteiger charge is -2.17. The summed E-state index contributed by atoms with van der Waals surface area (Å²) in [5.74, 6) is -2.33. The summed E-state index contributed by atoms with van der Waals surface area (Å²) in [4.78, 5) is 49.7. The van der Waals surface area contributed by atoms with E-state index >= 15 is 0 Å². The third kappa shape index (κ3) is 3.61. The average Bonchev–Trinajstić information content (AvgIpc) is 2.67. The van der Waals surface area contributed by atoms with Crippen LogP contribution < -0.4 is 5.32 Å². The van der Waals surface area contributed by atoms with Gasteiger partial charge in [0, 0.05) is 12.2 Å². The number of nitrogens with zero attached hydrogens (tertiary/aromatic N) is 2. The van der Waals surface area contributed by atoms with Crippen LogP contribution in [-0.4, -0.2) is 46.6 Å².